The predicted molar refractivity (Wildman–Crippen MR) is 132 cm³/mol. The molecule has 0 aliphatic rings. The highest BCUT2D eigenvalue weighted by Gasteiger charge is 2.23. The first-order valence-electron chi connectivity index (χ1n) is 10.3. The Labute approximate surface area is 186 Å². The molecule has 0 saturated carbocycles. The SMILES string of the molecule is COc1ccc(/C=C(\c2ccc(OC)cc2)[Si](c2ccccc2)c2ccccc2)cc1. The Morgan fingerprint density at radius 1 is 0.581 bits per heavy atom. The highest BCUT2D eigenvalue weighted by molar-refractivity contribution is 7.00. The zero-order valence-electron chi connectivity index (χ0n) is 17.8. The summed E-state index contributed by atoms with van der Waals surface area (Å²) in [6.45, 7) is 0. The summed E-state index contributed by atoms with van der Waals surface area (Å²) in [6, 6.07) is 38.3. The third-order valence-corrected chi connectivity index (χ3v) is 8.02. The highest BCUT2D eigenvalue weighted by Crippen LogP contribution is 2.25. The van der Waals surface area contributed by atoms with Crippen LogP contribution in [-0.2, 0) is 0 Å². The van der Waals surface area contributed by atoms with E-state index in [-0.39, 0.29) is 0 Å². The zero-order valence-corrected chi connectivity index (χ0v) is 18.8. The van der Waals surface area contributed by atoms with Crippen LogP contribution >= 0.6 is 0 Å². The Morgan fingerprint density at radius 2 is 1.03 bits per heavy atom. The molecule has 0 N–H and O–H groups in total. The quantitative estimate of drug-likeness (QED) is 0.306. The predicted octanol–water partition coefficient (Wildman–Crippen LogP) is 5.09. The van der Waals surface area contributed by atoms with Crippen molar-refractivity contribution in [3.63, 3.8) is 0 Å². The largest absolute Gasteiger partial charge is 0.497 e. The lowest BCUT2D eigenvalue weighted by molar-refractivity contribution is 0.414. The van der Waals surface area contributed by atoms with Gasteiger partial charge in [-0.3, -0.25) is 0 Å². The molecule has 0 spiro atoms. The summed E-state index contributed by atoms with van der Waals surface area (Å²) in [5.41, 5.74) is 2.36. The van der Waals surface area contributed by atoms with E-state index < -0.39 is 8.80 Å². The van der Waals surface area contributed by atoms with Gasteiger partial charge in [-0.25, -0.2) is 0 Å². The zero-order chi connectivity index (χ0) is 21.5. The van der Waals surface area contributed by atoms with Gasteiger partial charge in [-0.05, 0) is 40.6 Å². The van der Waals surface area contributed by atoms with E-state index >= 15 is 0 Å². The molecule has 0 fully saturated rings. The van der Waals surface area contributed by atoms with Gasteiger partial charge >= 0.3 is 0 Å². The Bertz CT molecular complexity index is 1080. The van der Waals surface area contributed by atoms with Crippen molar-refractivity contribution in [1.82, 2.24) is 0 Å². The minimum absolute atomic E-state index is 0.861. The van der Waals surface area contributed by atoms with Crippen LogP contribution in [0.2, 0.25) is 0 Å². The summed E-state index contributed by atoms with van der Waals surface area (Å²) in [5, 5.41) is 4.04. The van der Waals surface area contributed by atoms with Crippen LogP contribution in [0.5, 0.6) is 11.5 Å². The molecular weight excluding hydrogens is 396 g/mol. The van der Waals surface area contributed by atoms with Gasteiger partial charge in [0.25, 0.3) is 0 Å². The summed E-state index contributed by atoms with van der Waals surface area (Å²) in [6.07, 6.45) is 2.32. The van der Waals surface area contributed by atoms with Crippen molar-refractivity contribution in [2.45, 2.75) is 0 Å². The van der Waals surface area contributed by atoms with Crippen molar-refractivity contribution < 1.29 is 9.47 Å². The third kappa shape index (κ3) is 4.96. The molecule has 3 heteroatoms. The number of hydrogen-bond donors (Lipinski definition) is 0. The molecule has 4 rings (SSSR count). The maximum Gasteiger partial charge on any atom is 0.155 e. The van der Waals surface area contributed by atoms with E-state index in [4.69, 9.17) is 9.47 Å². The number of methoxy groups -OCH3 is 2. The molecule has 0 aliphatic carbocycles. The van der Waals surface area contributed by atoms with Gasteiger partial charge in [-0.2, -0.15) is 0 Å². The summed E-state index contributed by atoms with van der Waals surface area (Å²) in [4.78, 5) is 0. The first-order chi connectivity index (χ1) is 15.3. The number of benzene rings is 4. The minimum Gasteiger partial charge on any atom is -0.497 e. The van der Waals surface area contributed by atoms with E-state index in [0.717, 1.165) is 17.1 Å². The molecule has 153 valence electrons. The van der Waals surface area contributed by atoms with Gasteiger partial charge in [-0.15, -0.1) is 0 Å². The molecule has 2 nitrogen and oxygen atoms in total. The van der Waals surface area contributed by atoms with Crippen LogP contribution < -0.4 is 19.8 Å². The van der Waals surface area contributed by atoms with Crippen molar-refractivity contribution in [2.75, 3.05) is 14.2 Å². The lowest BCUT2D eigenvalue weighted by Gasteiger charge is -2.21. The monoisotopic (exact) mass is 421 g/mol. The molecule has 0 aliphatic heterocycles. The van der Waals surface area contributed by atoms with E-state index in [1.165, 1.54) is 21.1 Å². The van der Waals surface area contributed by atoms with Crippen molar-refractivity contribution in [2.24, 2.45) is 0 Å². The van der Waals surface area contributed by atoms with Crippen LogP contribution in [0.3, 0.4) is 0 Å². The van der Waals surface area contributed by atoms with Crippen LogP contribution in [-0.4, -0.2) is 23.0 Å². The van der Waals surface area contributed by atoms with Gasteiger partial charge in [0.1, 0.15) is 11.5 Å². The van der Waals surface area contributed by atoms with Crippen LogP contribution in [0.4, 0.5) is 0 Å². The molecule has 0 bridgehead atoms. The fourth-order valence-corrected chi connectivity index (χ4v) is 6.40. The Morgan fingerprint density at radius 3 is 1.48 bits per heavy atom. The van der Waals surface area contributed by atoms with Crippen molar-refractivity contribution in [3.8, 4) is 11.5 Å². The maximum atomic E-state index is 5.40. The standard InChI is InChI=1S/C28H25O2Si/c1-29-24-17-13-22(14-18-24)21-28(23-15-19-25(30-2)20-16-23)31(26-9-5-3-6-10-26)27-11-7-4-8-12-27/h3-21H,1-2H3/b28-21+. The van der Waals surface area contributed by atoms with Crippen LogP contribution in [0.1, 0.15) is 11.1 Å². The second-order valence-corrected chi connectivity index (χ2v) is 9.61. The maximum absolute atomic E-state index is 5.40. The smallest absolute Gasteiger partial charge is 0.155 e. The lowest BCUT2D eigenvalue weighted by Crippen LogP contribution is -2.43. The average Bonchev–Trinajstić information content (AvgIpc) is 2.85. The minimum atomic E-state index is -1.23. The second kappa shape index (κ2) is 9.96. The van der Waals surface area contributed by atoms with E-state index in [9.17, 15) is 0 Å². The van der Waals surface area contributed by atoms with Crippen molar-refractivity contribution in [1.29, 1.82) is 0 Å². The second-order valence-electron chi connectivity index (χ2n) is 7.17. The Balaban J connectivity index is 1.90. The molecule has 1 radical (unpaired) electrons. The molecule has 0 aromatic heterocycles. The fraction of sp³-hybridized carbons (Fsp3) is 0.0714. The average molecular weight is 422 g/mol. The van der Waals surface area contributed by atoms with E-state index in [1.807, 2.05) is 24.3 Å². The highest BCUT2D eigenvalue weighted by atomic mass is 28.3. The summed E-state index contributed by atoms with van der Waals surface area (Å²) < 4.78 is 10.7. The van der Waals surface area contributed by atoms with E-state index in [0.29, 0.717) is 0 Å². The molecule has 4 aromatic rings. The topological polar surface area (TPSA) is 18.5 Å². The molecule has 0 saturated heterocycles. The van der Waals surface area contributed by atoms with Gasteiger partial charge in [-0.1, -0.05) is 101 Å². The first-order valence-corrected chi connectivity index (χ1v) is 11.8. The Kier molecular flexibility index (Phi) is 6.65. The third-order valence-electron chi connectivity index (χ3n) is 5.22. The van der Waals surface area contributed by atoms with Crippen LogP contribution in [0, 0.1) is 0 Å². The normalized spacial score (nSPS) is 11.4. The lowest BCUT2D eigenvalue weighted by atomic mass is 10.1. The first kappa shape index (κ1) is 20.7. The summed E-state index contributed by atoms with van der Waals surface area (Å²) in [5.74, 6) is 1.72. The number of ether oxygens (including phenoxy) is 2. The number of rotatable bonds is 7. The molecule has 0 unspecified atom stereocenters. The van der Waals surface area contributed by atoms with Gasteiger partial charge in [0, 0.05) is 0 Å². The van der Waals surface area contributed by atoms with Crippen molar-refractivity contribution >= 4 is 30.4 Å². The molecule has 4 aromatic carbocycles. The summed E-state index contributed by atoms with van der Waals surface area (Å²) in [7, 11) is 2.16. The molecule has 31 heavy (non-hydrogen) atoms. The van der Waals surface area contributed by atoms with Gasteiger partial charge in [0.2, 0.25) is 0 Å². The van der Waals surface area contributed by atoms with Crippen LogP contribution in [0.15, 0.2) is 109 Å². The van der Waals surface area contributed by atoms with E-state index in [1.54, 1.807) is 14.2 Å². The molecule has 0 amide bonds. The van der Waals surface area contributed by atoms with Crippen molar-refractivity contribution in [3.05, 3.63) is 120 Å². The summed E-state index contributed by atoms with van der Waals surface area (Å²) >= 11 is 0. The number of hydrogen-bond acceptors (Lipinski definition) is 2. The van der Waals surface area contributed by atoms with Crippen LogP contribution in [0.25, 0.3) is 11.3 Å². The van der Waals surface area contributed by atoms with Gasteiger partial charge < -0.3 is 9.47 Å². The molecule has 0 atom stereocenters. The molecule has 0 heterocycles. The Hall–Kier alpha value is -3.56. The van der Waals surface area contributed by atoms with Gasteiger partial charge in [0.15, 0.2) is 8.80 Å². The van der Waals surface area contributed by atoms with E-state index in [2.05, 4.69) is 91.0 Å². The fourth-order valence-electron chi connectivity index (χ4n) is 3.62. The molecular formula is C28H25O2Si. The van der Waals surface area contributed by atoms with Gasteiger partial charge in [0.05, 0.1) is 14.2 Å².